The maximum atomic E-state index is 5.69. The molecule has 0 saturated carbocycles. The van der Waals surface area contributed by atoms with Crippen LogP contribution in [0.1, 0.15) is 25.8 Å². The third-order valence-corrected chi connectivity index (χ3v) is 4.61. The summed E-state index contributed by atoms with van der Waals surface area (Å²) in [5.41, 5.74) is 1.71. The van der Waals surface area contributed by atoms with Gasteiger partial charge in [0.1, 0.15) is 0 Å². The molecule has 1 aliphatic rings. The molecule has 0 aromatic carbocycles. The zero-order chi connectivity index (χ0) is 14.4. The molecule has 1 fully saturated rings. The van der Waals surface area contributed by atoms with Crippen LogP contribution in [0.4, 0.5) is 0 Å². The molecule has 4 heteroatoms. The predicted molar refractivity (Wildman–Crippen MR) is 86.2 cm³/mol. The summed E-state index contributed by atoms with van der Waals surface area (Å²) < 4.78 is 5.69. The molecule has 0 spiro atoms. The predicted octanol–water partition coefficient (Wildman–Crippen LogP) is 2.83. The fourth-order valence-corrected chi connectivity index (χ4v) is 3.58. The first kappa shape index (κ1) is 16.0. The summed E-state index contributed by atoms with van der Waals surface area (Å²) in [5, 5.41) is 8.02. The Labute approximate surface area is 127 Å². The number of hydrogen-bond donors (Lipinski definition) is 1. The Hall–Kier alpha value is -0.420. The lowest BCUT2D eigenvalue weighted by Crippen LogP contribution is -2.44. The average molecular weight is 296 g/mol. The minimum absolute atomic E-state index is 0.291. The number of rotatable bonds is 8. The molecule has 1 aromatic heterocycles. The molecule has 20 heavy (non-hydrogen) atoms. The highest BCUT2D eigenvalue weighted by atomic mass is 32.1. The number of nitrogens with zero attached hydrogens (tertiary/aromatic N) is 1. The lowest BCUT2D eigenvalue weighted by Gasteiger charge is -2.32. The molecule has 114 valence electrons. The van der Waals surface area contributed by atoms with E-state index in [1.54, 1.807) is 11.3 Å². The van der Waals surface area contributed by atoms with E-state index in [4.69, 9.17) is 4.74 Å². The Morgan fingerprint density at radius 3 is 2.95 bits per heavy atom. The molecule has 1 atom stereocenters. The highest BCUT2D eigenvalue weighted by Gasteiger charge is 2.35. The molecule has 2 heterocycles. The van der Waals surface area contributed by atoms with Gasteiger partial charge in [-0.2, -0.15) is 11.3 Å². The summed E-state index contributed by atoms with van der Waals surface area (Å²) in [6, 6.07) is 2.22. The van der Waals surface area contributed by atoms with Gasteiger partial charge in [0.25, 0.3) is 0 Å². The molecule has 0 bridgehead atoms. The second-order valence-corrected chi connectivity index (χ2v) is 7.41. The topological polar surface area (TPSA) is 24.5 Å². The lowest BCUT2D eigenvalue weighted by molar-refractivity contribution is 0.116. The smallest absolute Gasteiger partial charge is 0.0547 e. The van der Waals surface area contributed by atoms with Gasteiger partial charge in [0.05, 0.1) is 6.61 Å². The summed E-state index contributed by atoms with van der Waals surface area (Å²) in [5.74, 6) is 0.706. The van der Waals surface area contributed by atoms with Crippen molar-refractivity contribution in [3.8, 4) is 0 Å². The summed E-state index contributed by atoms with van der Waals surface area (Å²) >= 11 is 1.78. The van der Waals surface area contributed by atoms with E-state index in [2.05, 4.69) is 47.9 Å². The Bertz CT molecular complexity index is 372. The maximum Gasteiger partial charge on any atom is 0.0547 e. The molecule has 0 aliphatic carbocycles. The fraction of sp³-hybridized carbons (Fsp3) is 0.750. The normalized spacial score (nSPS) is 23.1. The van der Waals surface area contributed by atoms with Crippen molar-refractivity contribution in [1.82, 2.24) is 10.2 Å². The molecule has 0 radical (unpaired) electrons. The number of ether oxygens (including phenoxy) is 1. The van der Waals surface area contributed by atoms with Gasteiger partial charge in [0.15, 0.2) is 0 Å². The van der Waals surface area contributed by atoms with E-state index in [0.29, 0.717) is 11.3 Å². The third kappa shape index (κ3) is 4.85. The SMILES string of the molecule is CC(C)CNCC1(CN(C)Cc2ccsc2)CCOC1. The molecular weight excluding hydrogens is 268 g/mol. The van der Waals surface area contributed by atoms with Gasteiger partial charge >= 0.3 is 0 Å². The minimum atomic E-state index is 0.291. The van der Waals surface area contributed by atoms with E-state index in [1.807, 2.05) is 0 Å². The summed E-state index contributed by atoms with van der Waals surface area (Å²) in [6.45, 7) is 10.6. The van der Waals surface area contributed by atoms with Crippen molar-refractivity contribution in [3.63, 3.8) is 0 Å². The highest BCUT2D eigenvalue weighted by Crippen LogP contribution is 2.29. The van der Waals surface area contributed by atoms with Crippen LogP contribution in [0.5, 0.6) is 0 Å². The van der Waals surface area contributed by atoms with E-state index in [-0.39, 0.29) is 0 Å². The lowest BCUT2D eigenvalue weighted by atomic mass is 9.86. The second-order valence-electron chi connectivity index (χ2n) is 6.63. The average Bonchev–Trinajstić information content (AvgIpc) is 3.01. The molecule has 2 rings (SSSR count). The third-order valence-electron chi connectivity index (χ3n) is 3.88. The molecule has 1 aliphatic heterocycles. The van der Waals surface area contributed by atoms with Crippen molar-refractivity contribution in [3.05, 3.63) is 22.4 Å². The van der Waals surface area contributed by atoms with Crippen LogP contribution >= 0.6 is 11.3 Å². The minimum Gasteiger partial charge on any atom is -0.381 e. The molecule has 0 amide bonds. The summed E-state index contributed by atoms with van der Waals surface area (Å²) in [6.07, 6.45) is 1.17. The van der Waals surface area contributed by atoms with Crippen molar-refractivity contribution in [2.45, 2.75) is 26.8 Å². The Morgan fingerprint density at radius 1 is 1.50 bits per heavy atom. The van der Waals surface area contributed by atoms with Crippen LogP contribution in [-0.2, 0) is 11.3 Å². The Kier molecular flexibility index (Phi) is 6.02. The van der Waals surface area contributed by atoms with Gasteiger partial charge in [0.2, 0.25) is 0 Å². The summed E-state index contributed by atoms with van der Waals surface area (Å²) in [7, 11) is 2.22. The van der Waals surface area contributed by atoms with Gasteiger partial charge in [-0.05, 0) is 48.3 Å². The molecule has 1 unspecified atom stereocenters. The van der Waals surface area contributed by atoms with Crippen LogP contribution < -0.4 is 5.32 Å². The molecule has 3 nitrogen and oxygen atoms in total. The van der Waals surface area contributed by atoms with E-state index in [1.165, 1.54) is 12.0 Å². The Morgan fingerprint density at radius 2 is 2.35 bits per heavy atom. The van der Waals surface area contributed by atoms with Gasteiger partial charge in [-0.3, -0.25) is 0 Å². The molecule has 1 N–H and O–H groups in total. The first-order valence-corrected chi connectivity index (χ1v) is 8.52. The van der Waals surface area contributed by atoms with Crippen molar-refractivity contribution < 1.29 is 4.74 Å². The molecule has 1 saturated heterocycles. The van der Waals surface area contributed by atoms with E-state index >= 15 is 0 Å². The number of thiophene rings is 1. The monoisotopic (exact) mass is 296 g/mol. The van der Waals surface area contributed by atoms with Crippen LogP contribution in [0, 0.1) is 11.3 Å². The number of hydrogen-bond acceptors (Lipinski definition) is 4. The van der Waals surface area contributed by atoms with Crippen molar-refractivity contribution in [2.75, 3.05) is 39.9 Å². The fourth-order valence-electron chi connectivity index (χ4n) is 2.92. The van der Waals surface area contributed by atoms with Crippen LogP contribution in [0.2, 0.25) is 0 Å². The summed E-state index contributed by atoms with van der Waals surface area (Å²) in [4.78, 5) is 2.44. The van der Waals surface area contributed by atoms with Crippen LogP contribution in [0.25, 0.3) is 0 Å². The Balaban J connectivity index is 1.84. The zero-order valence-corrected chi connectivity index (χ0v) is 13.8. The quantitative estimate of drug-likeness (QED) is 0.798. The first-order valence-electron chi connectivity index (χ1n) is 7.58. The first-order chi connectivity index (χ1) is 9.60. The zero-order valence-electron chi connectivity index (χ0n) is 13.0. The van der Waals surface area contributed by atoms with Gasteiger partial charge < -0.3 is 15.0 Å². The van der Waals surface area contributed by atoms with Gasteiger partial charge in [-0.15, -0.1) is 0 Å². The second kappa shape index (κ2) is 7.55. The number of nitrogens with one attached hydrogen (secondary N) is 1. The highest BCUT2D eigenvalue weighted by molar-refractivity contribution is 7.07. The van der Waals surface area contributed by atoms with Crippen molar-refractivity contribution in [1.29, 1.82) is 0 Å². The van der Waals surface area contributed by atoms with E-state index in [0.717, 1.165) is 39.4 Å². The molecular formula is C16H28N2OS. The van der Waals surface area contributed by atoms with Gasteiger partial charge in [-0.25, -0.2) is 0 Å². The van der Waals surface area contributed by atoms with Crippen LogP contribution in [0.15, 0.2) is 16.8 Å². The van der Waals surface area contributed by atoms with Crippen LogP contribution in [0.3, 0.4) is 0 Å². The largest absolute Gasteiger partial charge is 0.381 e. The molecule has 1 aromatic rings. The van der Waals surface area contributed by atoms with Gasteiger partial charge in [0, 0.05) is 31.7 Å². The van der Waals surface area contributed by atoms with Gasteiger partial charge in [-0.1, -0.05) is 13.8 Å². The van der Waals surface area contributed by atoms with Crippen LogP contribution in [-0.4, -0.2) is 44.8 Å². The standard InChI is InChI=1S/C16H28N2OS/c1-14(2)8-17-11-16(5-6-19-13-16)12-18(3)9-15-4-7-20-10-15/h4,7,10,14,17H,5-6,8-9,11-13H2,1-3H3. The van der Waals surface area contributed by atoms with E-state index in [9.17, 15) is 0 Å². The van der Waals surface area contributed by atoms with Crippen molar-refractivity contribution in [2.24, 2.45) is 11.3 Å². The maximum absolute atomic E-state index is 5.69. The van der Waals surface area contributed by atoms with E-state index < -0.39 is 0 Å². The van der Waals surface area contributed by atoms with Crippen molar-refractivity contribution >= 4 is 11.3 Å².